The van der Waals surface area contributed by atoms with Crippen molar-refractivity contribution in [1.29, 1.82) is 0 Å². The van der Waals surface area contributed by atoms with Crippen LogP contribution >= 0.6 is 0 Å². The number of hydrogen-bond donors (Lipinski definition) is 1. The highest BCUT2D eigenvalue weighted by atomic mass is 16.2. The Morgan fingerprint density at radius 1 is 0.511 bits per heavy atom. The minimum Gasteiger partial charge on any atom is -0.354 e. The molecule has 0 spiro atoms. The van der Waals surface area contributed by atoms with Crippen molar-refractivity contribution in [3.05, 3.63) is 97.3 Å². The van der Waals surface area contributed by atoms with Crippen LogP contribution in [0.5, 0.6) is 0 Å². The molecule has 1 N–H and O–H groups in total. The van der Waals surface area contributed by atoms with E-state index in [4.69, 9.17) is 0 Å². The molecule has 0 aromatic rings. The topological polar surface area (TPSA) is 49.4 Å². The van der Waals surface area contributed by atoms with E-state index in [-0.39, 0.29) is 30.7 Å². The van der Waals surface area contributed by atoms with Gasteiger partial charge in [-0.2, -0.15) is 0 Å². The van der Waals surface area contributed by atoms with Gasteiger partial charge < -0.3 is 10.2 Å². The number of carbonyl (C=O) groups is 2. The maximum Gasteiger partial charge on any atom is 0.227 e. The quantitative estimate of drug-likeness (QED) is 0.0623. The van der Waals surface area contributed by atoms with Crippen molar-refractivity contribution in [3.63, 3.8) is 0 Å². The van der Waals surface area contributed by atoms with Crippen LogP contribution in [0.4, 0.5) is 0 Å². The lowest BCUT2D eigenvalue weighted by Crippen LogP contribution is -2.32. The molecule has 4 nitrogen and oxygen atoms in total. The molecule has 0 saturated carbocycles. The average Bonchev–Trinajstić information content (AvgIpc) is 3.05. The summed E-state index contributed by atoms with van der Waals surface area (Å²) in [6.45, 7) is 8.96. The number of nitrogens with one attached hydrogen (secondary N) is 1. The van der Waals surface area contributed by atoms with Crippen molar-refractivity contribution >= 4 is 11.8 Å². The van der Waals surface area contributed by atoms with Crippen LogP contribution < -0.4 is 5.32 Å². The van der Waals surface area contributed by atoms with Crippen molar-refractivity contribution < 1.29 is 9.59 Å². The molecule has 264 valence electrons. The second-order valence-corrected chi connectivity index (χ2v) is 12.6. The predicted octanol–water partition coefficient (Wildman–Crippen LogP) is 12.2. The third-order valence-corrected chi connectivity index (χ3v) is 7.67. The van der Waals surface area contributed by atoms with E-state index in [9.17, 15) is 9.59 Å². The molecule has 0 aliphatic heterocycles. The summed E-state index contributed by atoms with van der Waals surface area (Å²) in [6.07, 6.45) is 54.5. The maximum absolute atomic E-state index is 12.9. The van der Waals surface area contributed by atoms with Crippen LogP contribution in [0, 0.1) is 0 Å². The van der Waals surface area contributed by atoms with E-state index in [0.29, 0.717) is 6.54 Å². The first-order valence-corrected chi connectivity index (χ1v) is 18.9. The molecular weight excluding hydrogens is 576 g/mol. The van der Waals surface area contributed by atoms with Crippen LogP contribution in [0.1, 0.15) is 150 Å². The first-order chi connectivity index (χ1) is 23.0. The first kappa shape index (κ1) is 43.9. The summed E-state index contributed by atoms with van der Waals surface area (Å²) in [7, 11) is 0. The molecule has 0 aromatic carbocycles. The lowest BCUT2D eigenvalue weighted by atomic mass is 10.0. The van der Waals surface area contributed by atoms with Gasteiger partial charge in [0.05, 0.1) is 0 Å². The van der Waals surface area contributed by atoms with Crippen LogP contribution in [0.15, 0.2) is 97.3 Å². The van der Waals surface area contributed by atoms with Gasteiger partial charge in [-0.25, -0.2) is 0 Å². The largest absolute Gasteiger partial charge is 0.354 e. The molecule has 4 heteroatoms. The van der Waals surface area contributed by atoms with Gasteiger partial charge in [-0.15, -0.1) is 0 Å². The predicted molar refractivity (Wildman–Crippen MR) is 207 cm³/mol. The number of rotatable bonds is 30. The standard InChI is InChI=1S/C43H70N2O2/c1-5-7-9-11-13-15-17-19-21-23-25-27-29-31-33-35-39-45(43(47)38-37-42(46)44-41(3)4)40-36-34-32-30-28-26-24-22-20-18-16-14-12-10-8-6-2/h7,9,11,13,15,17,19,21,23,25,27,29,31,33,35,39,41H,5-6,8,10,12,14,16,18,20,22,24,26,28,30,32,34,36-38,40H2,1-4H3,(H,44,46)/b9-7+,13-11+,17-15+,21-19+,25-23+,29-27+,33-31+,39-35-. The fourth-order valence-electron chi connectivity index (χ4n) is 5.01. The number of allylic oxidation sites excluding steroid dienone is 15. The van der Waals surface area contributed by atoms with Crippen molar-refractivity contribution in [2.75, 3.05) is 6.54 Å². The van der Waals surface area contributed by atoms with Crippen LogP contribution in [0.25, 0.3) is 0 Å². The highest BCUT2D eigenvalue weighted by Gasteiger charge is 2.13. The molecule has 0 unspecified atom stereocenters. The van der Waals surface area contributed by atoms with Gasteiger partial charge >= 0.3 is 0 Å². The monoisotopic (exact) mass is 647 g/mol. The molecule has 0 heterocycles. The summed E-state index contributed by atoms with van der Waals surface area (Å²) in [5.41, 5.74) is 0. The van der Waals surface area contributed by atoms with Crippen molar-refractivity contribution in [2.45, 2.75) is 156 Å². The summed E-state index contributed by atoms with van der Waals surface area (Å²) < 4.78 is 0. The zero-order chi connectivity index (χ0) is 34.5. The maximum atomic E-state index is 12.9. The third kappa shape index (κ3) is 34.0. The number of nitrogens with zero attached hydrogens (tertiary/aromatic N) is 1. The first-order valence-electron chi connectivity index (χ1n) is 18.9. The van der Waals surface area contributed by atoms with Crippen LogP contribution in [-0.2, 0) is 9.59 Å². The number of hydrogen-bond acceptors (Lipinski definition) is 2. The molecule has 0 aliphatic rings. The minimum absolute atomic E-state index is 0.00161. The molecule has 0 rings (SSSR count). The SMILES string of the molecule is CC/C=C/C=C/C=C/C=C/C=C/C=C/C=C/C=C\N(CCCCCCCCCCCCCCCCCC)C(=O)CCC(=O)NC(C)C. The van der Waals surface area contributed by atoms with Gasteiger partial charge in [0.1, 0.15) is 0 Å². The van der Waals surface area contributed by atoms with E-state index in [2.05, 4.69) is 25.2 Å². The Morgan fingerprint density at radius 3 is 1.30 bits per heavy atom. The molecule has 47 heavy (non-hydrogen) atoms. The molecule has 0 saturated heterocycles. The highest BCUT2D eigenvalue weighted by Crippen LogP contribution is 2.14. The second kappa shape index (κ2) is 35.7. The lowest BCUT2D eigenvalue weighted by molar-refractivity contribution is -0.131. The van der Waals surface area contributed by atoms with E-state index in [1.54, 1.807) is 4.90 Å². The van der Waals surface area contributed by atoms with E-state index in [1.165, 1.54) is 89.9 Å². The van der Waals surface area contributed by atoms with Gasteiger partial charge in [0.2, 0.25) is 11.8 Å². The van der Waals surface area contributed by atoms with Gasteiger partial charge in [0.15, 0.2) is 0 Å². The van der Waals surface area contributed by atoms with Crippen LogP contribution in [-0.4, -0.2) is 29.3 Å². The van der Waals surface area contributed by atoms with E-state index in [0.717, 1.165) is 19.3 Å². The Kier molecular flexibility index (Phi) is 33.3. The average molecular weight is 647 g/mol. The minimum atomic E-state index is -0.0692. The molecule has 0 fully saturated rings. The van der Waals surface area contributed by atoms with E-state index < -0.39 is 0 Å². The van der Waals surface area contributed by atoms with Crippen LogP contribution in [0.3, 0.4) is 0 Å². The Morgan fingerprint density at radius 2 is 0.894 bits per heavy atom. The zero-order valence-corrected chi connectivity index (χ0v) is 30.7. The number of carbonyl (C=O) groups excluding carboxylic acids is 2. The Balaban J connectivity index is 4.43. The highest BCUT2D eigenvalue weighted by molar-refractivity contribution is 5.84. The number of amides is 2. The summed E-state index contributed by atoms with van der Waals surface area (Å²) in [6, 6.07) is 0.0833. The molecule has 2 amide bonds. The van der Waals surface area contributed by atoms with Crippen molar-refractivity contribution in [1.82, 2.24) is 10.2 Å². The molecule has 0 bridgehead atoms. The normalized spacial score (nSPS) is 12.8. The van der Waals surface area contributed by atoms with Crippen molar-refractivity contribution in [3.8, 4) is 0 Å². The van der Waals surface area contributed by atoms with Crippen molar-refractivity contribution in [2.24, 2.45) is 0 Å². The molecule has 0 aliphatic carbocycles. The second-order valence-electron chi connectivity index (χ2n) is 12.6. The Labute approximate surface area is 290 Å². The fraction of sp³-hybridized carbons (Fsp3) is 0.581. The van der Waals surface area contributed by atoms with Crippen LogP contribution in [0.2, 0.25) is 0 Å². The molecule has 0 radical (unpaired) electrons. The Bertz CT molecular complexity index is 978. The zero-order valence-electron chi connectivity index (χ0n) is 30.7. The molecule has 0 atom stereocenters. The van der Waals surface area contributed by atoms with E-state index >= 15 is 0 Å². The van der Waals surface area contributed by atoms with Gasteiger partial charge in [-0.1, -0.05) is 195 Å². The Hall–Kier alpha value is -3.14. The summed E-state index contributed by atoms with van der Waals surface area (Å²) in [5, 5.41) is 2.88. The van der Waals surface area contributed by atoms with Gasteiger partial charge in [0.25, 0.3) is 0 Å². The summed E-state index contributed by atoms with van der Waals surface area (Å²) in [4.78, 5) is 26.8. The van der Waals surface area contributed by atoms with E-state index in [1.807, 2.05) is 105 Å². The lowest BCUT2D eigenvalue weighted by Gasteiger charge is -2.18. The number of unbranched alkanes of at least 4 members (excludes halogenated alkanes) is 15. The molecule has 0 aromatic heterocycles. The van der Waals surface area contributed by atoms with Gasteiger partial charge in [0, 0.05) is 31.6 Å². The molecular formula is C43H70N2O2. The summed E-state index contributed by atoms with van der Waals surface area (Å²) >= 11 is 0. The summed E-state index contributed by atoms with van der Waals surface area (Å²) in [5.74, 6) is -0.0675. The van der Waals surface area contributed by atoms with Gasteiger partial charge in [-0.05, 0) is 32.8 Å². The van der Waals surface area contributed by atoms with Gasteiger partial charge in [-0.3, -0.25) is 9.59 Å². The smallest absolute Gasteiger partial charge is 0.227 e. The fourth-order valence-corrected chi connectivity index (χ4v) is 5.01. The third-order valence-electron chi connectivity index (χ3n) is 7.67.